The van der Waals surface area contributed by atoms with Gasteiger partial charge in [-0.25, -0.2) is 4.79 Å². The SMILES string of the molecule is CCCC=Cc1c(OC)cc(C)oc1=O. The quantitative estimate of drug-likeness (QED) is 0.763. The van der Waals surface area contributed by atoms with Crippen molar-refractivity contribution in [1.82, 2.24) is 0 Å². The standard InChI is InChI=1S/C12H16O3/c1-4-5-6-7-10-11(14-3)8-9(2)15-12(10)13/h6-8H,4-5H2,1-3H3. The van der Waals surface area contributed by atoms with Gasteiger partial charge in [-0.1, -0.05) is 19.4 Å². The predicted molar refractivity (Wildman–Crippen MR) is 60.2 cm³/mol. The fourth-order valence-electron chi connectivity index (χ4n) is 1.28. The largest absolute Gasteiger partial charge is 0.496 e. The van der Waals surface area contributed by atoms with E-state index in [9.17, 15) is 4.79 Å². The smallest absolute Gasteiger partial charge is 0.346 e. The summed E-state index contributed by atoms with van der Waals surface area (Å²) < 4.78 is 10.1. The van der Waals surface area contributed by atoms with Crippen LogP contribution in [0.1, 0.15) is 31.1 Å². The van der Waals surface area contributed by atoms with Crippen molar-refractivity contribution < 1.29 is 9.15 Å². The first-order valence-electron chi connectivity index (χ1n) is 5.04. The van der Waals surface area contributed by atoms with Crippen LogP contribution in [-0.2, 0) is 0 Å². The fraction of sp³-hybridized carbons (Fsp3) is 0.417. The van der Waals surface area contributed by atoms with E-state index in [0.29, 0.717) is 17.1 Å². The lowest BCUT2D eigenvalue weighted by Gasteiger charge is -2.03. The fourth-order valence-corrected chi connectivity index (χ4v) is 1.28. The Hall–Kier alpha value is -1.51. The van der Waals surface area contributed by atoms with Gasteiger partial charge >= 0.3 is 5.63 Å². The molecule has 0 aliphatic heterocycles. The van der Waals surface area contributed by atoms with Crippen LogP contribution in [0.4, 0.5) is 0 Å². The van der Waals surface area contributed by atoms with Crippen LogP contribution < -0.4 is 10.4 Å². The molecule has 0 saturated carbocycles. The number of hydrogen-bond acceptors (Lipinski definition) is 3. The molecule has 0 spiro atoms. The van der Waals surface area contributed by atoms with Gasteiger partial charge < -0.3 is 9.15 Å². The Morgan fingerprint density at radius 2 is 2.27 bits per heavy atom. The molecule has 0 aromatic carbocycles. The molecule has 0 radical (unpaired) electrons. The van der Waals surface area contributed by atoms with Crippen LogP contribution in [0.3, 0.4) is 0 Å². The molecule has 15 heavy (non-hydrogen) atoms. The minimum atomic E-state index is -0.348. The van der Waals surface area contributed by atoms with E-state index in [4.69, 9.17) is 9.15 Å². The van der Waals surface area contributed by atoms with Crippen LogP contribution in [0.2, 0.25) is 0 Å². The highest BCUT2D eigenvalue weighted by Crippen LogP contribution is 2.17. The van der Waals surface area contributed by atoms with E-state index in [1.54, 1.807) is 26.2 Å². The lowest BCUT2D eigenvalue weighted by molar-refractivity contribution is 0.395. The second-order valence-electron chi connectivity index (χ2n) is 3.32. The summed E-state index contributed by atoms with van der Waals surface area (Å²) >= 11 is 0. The molecule has 0 unspecified atom stereocenters. The summed E-state index contributed by atoms with van der Waals surface area (Å²) in [6.45, 7) is 3.81. The van der Waals surface area contributed by atoms with Crippen LogP contribution in [0.5, 0.6) is 5.75 Å². The van der Waals surface area contributed by atoms with Gasteiger partial charge in [0.15, 0.2) is 0 Å². The molecule has 82 valence electrons. The van der Waals surface area contributed by atoms with E-state index in [1.165, 1.54) is 0 Å². The first-order valence-corrected chi connectivity index (χ1v) is 5.04. The summed E-state index contributed by atoms with van der Waals surface area (Å²) in [7, 11) is 1.55. The number of ether oxygens (including phenoxy) is 1. The highest BCUT2D eigenvalue weighted by Gasteiger charge is 2.07. The van der Waals surface area contributed by atoms with Gasteiger partial charge in [-0.2, -0.15) is 0 Å². The summed E-state index contributed by atoms with van der Waals surface area (Å²) in [6, 6.07) is 1.72. The lowest BCUT2D eigenvalue weighted by atomic mass is 10.2. The first kappa shape index (κ1) is 11.6. The van der Waals surface area contributed by atoms with Crippen molar-refractivity contribution in [3.05, 3.63) is 33.9 Å². The van der Waals surface area contributed by atoms with Crippen molar-refractivity contribution in [2.24, 2.45) is 0 Å². The molecular weight excluding hydrogens is 192 g/mol. The van der Waals surface area contributed by atoms with E-state index < -0.39 is 0 Å². The molecule has 3 heteroatoms. The third kappa shape index (κ3) is 2.98. The number of methoxy groups -OCH3 is 1. The van der Waals surface area contributed by atoms with Gasteiger partial charge in [0, 0.05) is 6.07 Å². The van der Waals surface area contributed by atoms with Crippen LogP contribution in [0, 0.1) is 6.92 Å². The van der Waals surface area contributed by atoms with Gasteiger partial charge in [-0.3, -0.25) is 0 Å². The molecule has 1 rings (SSSR count). The van der Waals surface area contributed by atoms with Gasteiger partial charge in [0.05, 0.1) is 7.11 Å². The zero-order valence-corrected chi connectivity index (χ0v) is 9.37. The normalized spacial score (nSPS) is 10.9. The molecule has 0 amide bonds. The summed E-state index contributed by atoms with van der Waals surface area (Å²) in [4.78, 5) is 11.5. The molecule has 1 aromatic rings. The van der Waals surface area contributed by atoms with Crippen LogP contribution in [0.25, 0.3) is 6.08 Å². The Bertz CT molecular complexity index is 402. The Balaban J connectivity index is 3.10. The van der Waals surface area contributed by atoms with E-state index in [-0.39, 0.29) is 5.63 Å². The molecule has 0 fully saturated rings. The van der Waals surface area contributed by atoms with Crippen molar-refractivity contribution in [3.63, 3.8) is 0 Å². The number of rotatable bonds is 4. The summed E-state index contributed by atoms with van der Waals surface area (Å²) in [5.74, 6) is 1.13. The van der Waals surface area contributed by atoms with Gasteiger partial charge in [0.25, 0.3) is 0 Å². The van der Waals surface area contributed by atoms with Crippen molar-refractivity contribution in [2.75, 3.05) is 7.11 Å². The average Bonchev–Trinajstić information content (AvgIpc) is 2.20. The zero-order chi connectivity index (χ0) is 11.3. The third-order valence-corrected chi connectivity index (χ3v) is 2.03. The van der Waals surface area contributed by atoms with Gasteiger partial charge in [-0.05, 0) is 19.4 Å². The summed E-state index contributed by atoms with van der Waals surface area (Å²) in [5.41, 5.74) is 0.135. The second kappa shape index (κ2) is 5.39. The van der Waals surface area contributed by atoms with E-state index in [0.717, 1.165) is 12.8 Å². The average molecular weight is 208 g/mol. The molecule has 0 saturated heterocycles. The minimum absolute atomic E-state index is 0.348. The molecule has 1 aromatic heterocycles. The molecule has 3 nitrogen and oxygen atoms in total. The van der Waals surface area contributed by atoms with Crippen molar-refractivity contribution in [2.45, 2.75) is 26.7 Å². The maximum Gasteiger partial charge on any atom is 0.346 e. The first-order chi connectivity index (χ1) is 7.19. The second-order valence-corrected chi connectivity index (χ2v) is 3.32. The minimum Gasteiger partial charge on any atom is -0.496 e. The summed E-state index contributed by atoms with van der Waals surface area (Å²) in [5, 5.41) is 0. The third-order valence-electron chi connectivity index (χ3n) is 2.03. The maximum atomic E-state index is 11.5. The molecular formula is C12H16O3. The van der Waals surface area contributed by atoms with Crippen LogP contribution >= 0.6 is 0 Å². The zero-order valence-electron chi connectivity index (χ0n) is 9.37. The number of unbranched alkanes of at least 4 members (excludes halogenated alkanes) is 1. The van der Waals surface area contributed by atoms with Crippen LogP contribution in [-0.4, -0.2) is 7.11 Å². The van der Waals surface area contributed by atoms with Crippen molar-refractivity contribution in [1.29, 1.82) is 0 Å². The van der Waals surface area contributed by atoms with Gasteiger partial charge in [0.1, 0.15) is 17.1 Å². The van der Waals surface area contributed by atoms with Gasteiger partial charge in [0.2, 0.25) is 0 Å². The molecule has 0 bridgehead atoms. The molecule has 0 aliphatic carbocycles. The lowest BCUT2D eigenvalue weighted by Crippen LogP contribution is -2.06. The topological polar surface area (TPSA) is 39.4 Å². The number of allylic oxidation sites excluding steroid dienone is 1. The molecule has 0 N–H and O–H groups in total. The Labute approximate surface area is 89.4 Å². The Kier molecular flexibility index (Phi) is 4.16. The highest BCUT2D eigenvalue weighted by molar-refractivity contribution is 5.55. The Morgan fingerprint density at radius 3 is 2.87 bits per heavy atom. The number of aryl methyl sites for hydroxylation is 1. The summed E-state index contributed by atoms with van der Waals surface area (Å²) in [6.07, 6.45) is 5.70. The monoisotopic (exact) mass is 208 g/mol. The number of hydrogen-bond donors (Lipinski definition) is 0. The van der Waals surface area contributed by atoms with Crippen LogP contribution in [0.15, 0.2) is 21.4 Å². The molecule has 0 atom stereocenters. The van der Waals surface area contributed by atoms with E-state index >= 15 is 0 Å². The van der Waals surface area contributed by atoms with Gasteiger partial charge in [-0.15, -0.1) is 0 Å². The maximum absolute atomic E-state index is 11.5. The van der Waals surface area contributed by atoms with Crippen molar-refractivity contribution in [3.8, 4) is 5.75 Å². The van der Waals surface area contributed by atoms with Crippen molar-refractivity contribution >= 4 is 6.08 Å². The van der Waals surface area contributed by atoms with E-state index in [2.05, 4.69) is 6.92 Å². The highest BCUT2D eigenvalue weighted by atomic mass is 16.5. The molecule has 1 heterocycles. The Morgan fingerprint density at radius 1 is 1.53 bits per heavy atom. The molecule has 0 aliphatic rings. The predicted octanol–water partition coefficient (Wildman–Crippen LogP) is 2.77. The van der Waals surface area contributed by atoms with E-state index in [1.807, 2.05) is 6.08 Å².